The second kappa shape index (κ2) is 7.31. The van der Waals surface area contributed by atoms with Crippen molar-refractivity contribution in [1.29, 1.82) is 0 Å². The molecule has 1 amide bonds. The number of likely N-dealkylation sites (tertiary alicyclic amines) is 1. The summed E-state index contributed by atoms with van der Waals surface area (Å²) in [4.78, 5) is 19.0. The van der Waals surface area contributed by atoms with Crippen molar-refractivity contribution >= 4 is 17.2 Å². The van der Waals surface area contributed by atoms with Gasteiger partial charge in [-0.3, -0.25) is 4.79 Å². The van der Waals surface area contributed by atoms with Gasteiger partial charge in [-0.15, -0.1) is 11.3 Å². The lowest BCUT2D eigenvalue weighted by molar-refractivity contribution is -0.136. The number of piperidine rings is 1. The van der Waals surface area contributed by atoms with Crippen LogP contribution in [0.2, 0.25) is 0 Å². The largest absolute Gasteiger partial charge is 0.342 e. The van der Waals surface area contributed by atoms with Crippen LogP contribution in [0.1, 0.15) is 63.1 Å². The van der Waals surface area contributed by atoms with Crippen molar-refractivity contribution in [2.75, 3.05) is 13.1 Å². The predicted molar refractivity (Wildman–Crippen MR) is 94.5 cm³/mol. The molecule has 2 aliphatic rings. The number of hydrogen-bond acceptors (Lipinski definition) is 4. The molecule has 2 fully saturated rings. The van der Waals surface area contributed by atoms with Gasteiger partial charge in [0, 0.05) is 42.9 Å². The Hall–Kier alpha value is -0.940. The molecule has 2 heterocycles. The minimum absolute atomic E-state index is 0.105. The first kappa shape index (κ1) is 16.9. The Labute approximate surface area is 143 Å². The number of rotatable bonds is 6. The highest BCUT2D eigenvalue weighted by Gasteiger charge is 2.31. The van der Waals surface area contributed by atoms with E-state index >= 15 is 0 Å². The number of carbonyl (C=O) groups is 1. The van der Waals surface area contributed by atoms with Gasteiger partial charge in [0.25, 0.3) is 0 Å². The third-order valence-corrected chi connectivity index (χ3v) is 6.16. The van der Waals surface area contributed by atoms with Crippen LogP contribution < -0.4 is 5.32 Å². The Morgan fingerprint density at radius 3 is 2.87 bits per heavy atom. The Morgan fingerprint density at radius 2 is 2.22 bits per heavy atom. The van der Waals surface area contributed by atoms with Gasteiger partial charge >= 0.3 is 0 Å². The third kappa shape index (κ3) is 4.13. The molecule has 1 saturated carbocycles. The highest BCUT2D eigenvalue weighted by atomic mass is 32.1. The van der Waals surface area contributed by atoms with Crippen molar-refractivity contribution in [2.24, 2.45) is 11.8 Å². The first-order chi connectivity index (χ1) is 11.1. The summed E-state index contributed by atoms with van der Waals surface area (Å²) in [6, 6.07) is 0.502. The average molecular weight is 336 g/mol. The zero-order valence-electron chi connectivity index (χ0n) is 14.5. The van der Waals surface area contributed by atoms with Crippen LogP contribution >= 0.6 is 11.3 Å². The van der Waals surface area contributed by atoms with Gasteiger partial charge in [-0.25, -0.2) is 4.98 Å². The standard InChI is InChI=1S/C18H29N3OS/c1-4-13-10-21(18(22)12(2)3)8-7-16(13)19-9-15-11-23-17(20-15)14-5-6-14/h11-14,16,19H,4-10H2,1-3H3. The molecule has 1 saturated heterocycles. The fraction of sp³-hybridized carbons (Fsp3) is 0.778. The summed E-state index contributed by atoms with van der Waals surface area (Å²) in [5.74, 6) is 1.71. The Kier molecular flexibility index (Phi) is 5.37. The number of hydrogen-bond donors (Lipinski definition) is 1. The van der Waals surface area contributed by atoms with Gasteiger partial charge in [0.1, 0.15) is 0 Å². The lowest BCUT2D eigenvalue weighted by Crippen LogP contribution is -2.51. The molecule has 3 rings (SSSR count). The lowest BCUT2D eigenvalue weighted by Gasteiger charge is -2.39. The molecule has 0 aromatic carbocycles. The van der Waals surface area contributed by atoms with Crippen molar-refractivity contribution in [3.63, 3.8) is 0 Å². The van der Waals surface area contributed by atoms with Gasteiger partial charge in [-0.2, -0.15) is 0 Å². The molecule has 0 bridgehead atoms. The molecule has 1 aromatic rings. The molecule has 1 aliphatic carbocycles. The number of thiazole rings is 1. The van der Waals surface area contributed by atoms with E-state index in [1.54, 1.807) is 0 Å². The number of aromatic nitrogens is 1. The summed E-state index contributed by atoms with van der Waals surface area (Å²) in [5, 5.41) is 7.24. The molecule has 1 N–H and O–H groups in total. The summed E-state index contributed by atoms with van der Waals surface area (Å²) < 4.78 is 0. The topological polar surface area (TPSA) is 45.2 Å². The van der Waals surface area contributed by atoms with E-state index in [0.29, 0.717) is 17.9 Å². The average Bonchev–Trinajstić information content (AvgIpc) is 3.30. The molecule has 2 atom stereocenters. The molecule has 1 aromatic heterocycles. The zero-order valence-corrected chi connectivity index (χ0v) is 15.4. The molecule has 0 spiro atoms. The minimum Gasteiger partial charge on any atom is -0.342 e. The molecular weight excluding hydrogens is 306 g/mol. The molecule has 4 nitrogen and oxygen atoms in total. The van der Waals surface area contributed by atoms with E-state index in [1.807, 2.05) is 25.2 Å². The van der Waals surface area contributed by atoms with Gasteiger partial charge in [0.15, 0.2) is 0 Å². The zero-order chi connectivity index (χ0) is 16.4. The van der Waals surface area contributed by atoms with Crippen LogP contribution in [0.25, 0.3) is 0 Å². The lowest BCUT2D eigenvalue weighted by atomic mass is 9.89. The molecule has 1 aliphatic heterocycles. The van der Waals surface area contributed by atoms with Crippen LogP contribution in [-0.2, 0) is 11.3 Å². The van der Waals surface area contributed by atoms with E-state index in [4.69, 9.17) is 4.98 Å². The van der Waals surface area contributed by atoms with E-state index in [9.17, 15) is 4.79 Å². The van der Waals surface area contributed by atoms with Crippen LogP contribution in [0.3, 0.4) is 0 Å². The quantitative estimate of drug-likeness (QED) is 0.867. The van der Waals surface area contributed by atoms with Gasteiger partial charge in [0.05, 0.1) is 10.7 Å². The molecule has 23 heavy (non-hydrogen) atoms. The van der Waals surface area contributed by atoms with Crippen molar-refractivity contribution < 1.29 is 4.79 Å². The van der Waals surface area contributed by atoms with Gasteiger partial charge in [-0.1, -0.05) is 27.2 Å². The summed E-state index contributed by atoms with van der Waals surface area (Å²) in [7, 11) is 0. The van der Waals surface area contributed by atoms with Crippen LogP contribution in [-0.4, -0.2) is 34.9 Å². The summed E-state index contributed by atoms with van der Waals surface area (Å²) in [5.41, 5.74) is 1.19. The summed E-state index contributed by atoms with van der Waals surface area (Å²) in [6.45, 7) is 8.87. The number of amides is 1. The molecule has 0 radical (unpaired) electrons. The normalized spacial score (nSPS) is 25.1. The van der Waals surface area contributed by atoms with Crippen molar-refractivity contribution in [2.45, 2.75) is 65.0 Å². The number of nitrogens with zero attached hydrogens (tertiary/aromatic N) is 2. The molecule has 128 valence electrons. The number of nitrogens with one attached hydrogen (secondary N) is 1. The fourth-order valence-electron chi connectivity index (χ4n) is 3.44. The Morgan fingerprint density at radius 1 is 1.43 bits per heavy atom. The Balaban J connectivity index is 1.52. The fourth-order valence-corrected chi connectivity index (χ4v) is 4.43. The monoisotopic (exact) mass is 335 g/mol. The maximum absolute atomic E-state index is 12.2. The predicted octanol–water partition coefficient (Wildman–Crippen LogP) is 3.39. The first-order valence-corrected chi connectivity index (χ1v) is 9.93. The van der Waals surface area contributed by atoms with Crippen LogP contribution in [0.15, 0.2) is 5.38 Å². The second-order valence-electron chi connectivity index (χ2n) is 7.33. The third-order valence-electron chi connectivity index (χ3n) is 5.11. The minimum atomic E-state index is 0.105. The molecular formula is C18H29N3OS. The van der Waals surface area contributed by atoms with E-state index in [2.05, 4.69) is 22.5 Å². The van der Waals surface area contributed by atoms with Crippen molar-refractivity contribution in [1.82, 2.24) is 15.2 Å². The first-order valence-electron chi connectivity index (χ1n) is 9.05. The van der Waals surface area contributed by atoms with Gasteiger partial charge in [0.2, 0.25) is 5.91 Å². The van der Waals surface area contributed by atoms with Crippen LogP contribution in [0.5, 0.6) is 0 Å². The summed E-state index contributed by atoms with van der Waals surface area (Å²) >= 11 is 1.82. The highest BCUT2D eigenvalue weighted by molar-refractivity contribution is 7.09. The number of carbonyl (C=O) groups excluding carboxylic acids is 1. The SMILES string of the molecule is CCC1CN(C(=O)C(C)C)CCC1NCc1csc(C2CC2)n1. The van der Waals surface area contributed by atoms with Gasteiger partial charge < -0.3 is 10.2 Å². The Bertz CT molecular complexity index is 538. The van der Waals surface area contributed by atoms with Gasteiger partial charge in [-0.05, 0) is 25.2 Å². The van der Waals surface area contributed by atoms with E-state index in [-0.39, 0.29) is 5.92 Å². The van der Waals surface area contributed by atoms with Crippen molar-refractivity contribution in [3.05, 3.63) is 16.1 Å². The van der Waals surface area contributed by atoms with Crippen molar-refractivity contribution in [3.8, 4) is 0 Å². The highest BCUT2D eigenvalue weighted by Crippen LogP contribution is 2.41. The van der Waals surface area contributed by atoms with Crippen LogP contribution in [0.4, 0.5) is 0 Å². The maximum atomic E-state index is 12.2. The summed E-state index contributed by atoms with van der Waals surface area (Å²) in [6.07, 6.45) is 4.81. The van der Waals surface area contributed by atoms with E-state index < -0.39 is 0 Å². The second-order valence-corrected chi connectivity index (χ2v) is 8.22. The molecule has 5 heteroatoms. The smallest absolute Gasteiger partial charge is 0.225 e. The van der Waals surface area contributed by atoms with E-state index in [1.165, 1.54) is 23.5 Å². The van der Waals surface area contributed by atoms with Crippen LogP contribution in [0, 0.1) is 11.8 Å². The van der Waals surface area contributed by atoms with E-state index in [0.717, 1.165) is 38.4 Å². The molecule has 2 unspecified atom stereocenters. The maximum Gasteiger partial charge on any atom is 0.225 e.